The van der Waals surface area contributed by atoms with E-state index in [-0.39, 0.29) is 0 Å². The molecule has 0 aliphatic heterocycles. The number of aromatic nitrogens is 1. The lowest BCUT2D eigenvalue weighted by Crippen LogP contribution is -2.06. The number of hydrogen-bond acceptors (Lipinski definition) is 3. The predicted octanol–water partition coefficient (Wildman–Crippen LogP) is 5.58. The van der Waals surface area contributed by atoms with E-state index in [9.17, 15) is 0 Å². The first kappa shape index (κ1) is 19.3. The number of hydrogen-bond donors (Lipinski definition) is 1. The van der Waals surface area contributed by atoms with Crippen molar-refractivity contribution in [2.24, 2.45) is 5.10 Å². The number of fused-ring (bicyclic) bond motifs is 1. The third-order valence-corrected chi connectivity index (χ3v) is 5.37. The van der Waals surface area contributed by atoms with E-state index in [1.54, 1.807) is 7.11 Å². The third-order valence-electron chi connectivity index (χ3n) is 4.84. The average molecular weight is 448 g/mol. The number of halogens is 1. The standard InChI is InChI=1S/C24H22BrN3O/c1-29-24-9-5-2-6-19(24)14-26-27-15-20-17-28(23-8-4-3-7-22(20)23)16-18-10-12-21(25)13-11-18/h2-13,15,17,26H,14,16H2,1H3/b27-15+. The topological polar surface area (TPSA) is 38.5 Å². The fourth-order valence-corrected chi connectivity index (χ4v) is 3.65. The Balaban J connectivity index is 1.53. The second-order valence-electron chi connectivity index (χ2n) is 6.76. The predicted molar refractivity (Wildman–Crippen MR) is 123 cm³/mol. The zero-order valence-electron chi connectivity index (χ0n) is 16.2. The van der Waals surface area contributed by atoms with Gasteiger partial charge in [0.2, 0.25) is 0 Å². The first-order valence-electron chi connectivity index (χ1n) is 9.45. The Morgan fingerprint density at radius 3 is 2.59 bits per heavy atom. The van der Waals surface area contributed by atoms with Gasteiger partial charge in [-0.1, -0.05) is 64.5 Å². The third kappa shape index (κ3) is 4.51. The highest BCUT2D eigenvalue weighted by atomic mass is 79.9. The summed E-state index contributed by atoms with van der Waals surface area (Å²) in [5.74, 6) is 0.862. The minimum absolute atomic E-state index is 0.609. The monoisotopic (exact) mass is 447 g/mol. The Hall–Kier alpha value is -3.05. The fraction of sp³-hybridized carbons (Fsp3) is 0.125. The number of ether oxygens (including phenoxy) is 1. The molecule has 1 aromatic heterocycles. The first-order chi connectivity index (χ1) is 14.2. The first-order valence-corrected chi connectivity index (χ1v) is 10.2. The fourth-order valence-electron chi connectivity index (χ4n) is 3.39. The molecule has 5 heteroatoms. The van der Waals surface area contributed by atoms with Crippen LogP contribution in [-0.4, -0.2) is 17.9 Å². The molecule has 0 amide bonds. The highest BCUT2D eigenvalue weighted by Gasteiger charge is 2.07. The van der Waals surface area contributed by atoms with Crippen LogP contribution < -0.4 is 10.2 Å². The molecular formula is C24H22BrN3O. The van der Waals surface area contributed by atoms with Crippen LogP contribution in [0.1, 0.15) is 16.7 Å². The summed E-state index contributed by atoms with van der Waals surface area (Å²) in [6.45, 7) is 1.42. The molecule has 4 nitrogen and oxygen atoms in total. The van der Waals surface area contributed by atoms with Crippen molar-refractivity contribution in [2.45, 2.75) is 13.1 Å². The molecule has 1 N–H and O–H groups in total. The number of para-hydroxylation sites is 2. The van der Waals surface area contributed by atoms with Gasteiger partial charge >= 0.3 is 0 Å². The van der Waals surface area contributed by atoms with Gasteiger partial charge in [0.05, 0.1) is 19.9 Å². The van der Waals surface area contributed by atoms with Gasteiger partial charge in [0.1, 0.15) is 5.75 Å². The van der Waals surface area contributed by atoms with Crippen molar-refractivity contribution in [3.63, 3.8) is 0 Å². The summed E-state index contributed by atoms with van der Waals surface area (Å²) in [4.78, 5) is 0. The van der Waals surface area contributed by atoms with Crippen LogP contribution in [0.4, 0.5) is 0 Å². The van der Waals surface area contributed by atoms with Crippen LogP contribution in [0.5, 0.6) is 5.75 Å². The van der Waals surface area contributed by atoms with E-state index >= 15 is 0 Å². The van der Waals surface area contributed by atoms with E-state index in [1.165, 1.54) is 16.5 Å². The van der Waals surface area contributed by atoms with Crippen LogP contribution in [0.15, 0.2) is 88.6 Å². The summed E-state index contributed by atoms with van der Waals surface area (Å²) in [5.41, 5.74) is 7.74. The molecule has 29 heavy (non-hydrogen) atoms. The average Bonchev–Trinajstić information content (AvgIpc) is 3.10. The van der Waals surface area contributed by atoms with Gasteiger partial charge in [-0.3, -0.25) is 0 Å². The van der Waals surface area contributed by atoms with Gasteiger partial charge in [0.25, 0.3) is 0 Å². The Bertz CT molecular complexity index is 1130. The van der Waals surface area contributed by atoms with E-state index in [1.807, 2.05) is 30.5 Å². The molecule has 4 aromatic rings. The van der Waals surface area contributed by atoms with Crippen LogP contribution in [-0.2, 0) is 13.1 Å². The van der Waals surface area contributed by atoms with Gasteiger partial charge in [0, 0.05) is 39.2 Å². The summed E-state index contributed by atoms with van der Waals surface area (Å²) in [6.07, 6.45) is 4.04. The lowest BCUT2D eigenvalue weighted by molar-refractivity contribution is 0.408. The van der Waals surface area contributed by atoms with Crippen molar-refractivity contribution >= 4 is 33.0 Å². The second kappa shape index (κ2) is 8.97. The Morgan fingerprint density at radius 1 is 1.00 bits per heavy atom. The zero-order chi connectivity index (χ0) is 20.1. The summed E-state index contributed by atoms with van der Waals surface area (Å²) >= 11 is 3.50. The highest BCUT2D eigenvalue weighted by Crippen LogP contribution is 2.22. The molecule has 0 saturated heterocycles. The molecule has 0 spiro atoms. The maximum atomic E-state index is 5.39. The van der Waals surface area contributed by atoms with E-state index < -0.39 is 0 Å². The molecule has 0 bridgehead atoms. The number of rotatable bonds is 7. The van der Waals surface area contributed by atoms with Gasteiger partial charge in [-0.15, -0.1) is 0 Å². The Kier molecular flexibility index (Phi) is 5.96. The van der Waals surface area contributed by atoms with E-state index in [0.29, 0.717) is 6.54 Å². The molecule has 1 heterocycles. The number of benzene rings is 3. The lowest BCUT2D eigenvalue weighted by Gasteiger charge is -2.07. The van der Waals surface area contributed by atoms with E-state index in [0.717, 1.165) is 27.9 Å². The summed E-state index contributed by atoms with van der Waals surface area (Å²) in [7, 11) is 1.68. The van der Waals surface area contributed by atoms with Crippen LogP contribution in [0.2, 0.25) is 0 Å². The summed E-state index contributed by atoms with van der Waals surface area (Å²) in [5, 5.41) is 5.63. The quantitative estimate of drug-likeness (QED) is 0.296. The van der Waals surface area contributed by atoms with Crippen molar-refractivity contribution in [1.29, 1.82) is 0 Å². The number of nitrogens with zero attached hydrogens (tertiary/aromatic N) is 2. The van der Waals surface area contributed by atoms with Crippen LogP contribution in [0.25, 0.3) is 10.9 Å². The van der Waals surface area contributed by atoms with Crippen LogP contribution >= 0.6 is 15.9 Å². The van der Waals surface area contributed by atoms with E-state index in [2.05, 4.69) is 85.8 Å². The second-order valence-corrected chi connectivity index (χ2v) is 7.68. The van der Waals surface area contributed by atoms with Gasteiger partial charge in [0.15, 0.2) is 0 Å². The molecule has 146 valence electrons. The normalized spacial score (nSPS) is 11.2. The van der Waals surface area contributed by atoms with Crippen LogP contribution in [0.3, 0.4) is 0 Å². The lowest BCUT2D eigenvalue weighted by atomic mass is 10.2. The Labute approximate surface area is 179 Å². The molecule has 3 aromatic carbocycles. The number of methoxy groups -OCH3 is 1. The van der Waals surface area contributed by atoms with Gasteiger partial charge in [-0.2, -0.15) is 5.10 Å². The van der Waals surface area contributed by atoms with Crippen molar-refractivity contribution in [2.75, 3.05) is 7.11 Å². The minimum atomic E-state index is 0.609. The van der Waals surface area contributed by atoms with Gasteiger partial charge in [-0.25, -0.2) is 0 Å². The Morgan fingerprint density at radius 2 is 1.76 bits per heavy atom. The molecule has 4 rings (SSSR count). The number of nitrogens with one attached hydrogen (secondary N) is 1. The van der Waals surface area contributed by atoms with Crippen molar-refractivity contribution < 1.29 is 4.74 Å². The molecular weight excluding hydrogens is 426 g/mol. The zero-order valence-corrected chi connectivity index (χ0v) is 17.8. The molecule has 0 unspecified atom stereocenters. The molecule has 0 fully saturated rings. The SMILES string of the molecule is COc1ccccc1CN/N=C/c1cn(Cc2ccc(Br)cc2)c2ccccc12. The van der Waals surface area contributed by atoms with Gasteiger partial charge in [-0.05, 0) is 29.8 Å². The number of hydrazone groups is 1. The summed E-state index contributed by atoms with van der Waals surface area (Å²) < 4.78 is 8.74. The minimum Gasteiger partial charge on any atom is -0.496 e. The van der Waals surface area contributed by atoms with Crippen LogP contribution in [0, 0.1) is 0 Å². The summed E-state index contributed by atoms with van der Waals surface area (Å²) in [6, 6.07) is 24.8. The maximum Gasteiger partial charge on any atom is 0.123 e. The van der Waals surface area contributed by atoms with Gasteiger partial charge < -0.3 is 14.7 Å². The van der Waals surface area contributed by atoms with E-state index in [4.69, 9.17) is 4.74 Å². The maximum absolute atomic E-state index is 5.39. The molecule has 0 aliphatic carbocycles. The molecule has 0 aliphatic rings. The molecule has 0 radical (unpaired) electrons. The largest absolute Gasteiger partial charge is 0.496 e. The smallest absolute Gasteiger partial charge is 0.123 e. The van der Waals surface area contributed by atoms with Crippen molar-refractivity contribution in [3.05, 3.63) is 100 Å². The molecule has 0 saturated carbocycles. The van der Waals surface area contributed by atoms with Crippen molar-refractivity contribution in [1.82, 2.24) is 9.99 Å². The van der Waals surface area contributed by atoms with Crippen molar-refractivity contribution in [3.8, 4) is 5.75 Å². The molecule has 0 atom stereocenters. The highest BCUT2D eigenvalue weighted by molar-refractivity contribution is 9.10.